The predicted octanol–water partition coefficient (Wildman–Crippen LogP) is 0.498. The Balaban J connectivity index is 2.49. The molecule has 0 aromatic carbocycles. The molecule has 0 fully saturated rings. The molecule has 0 aromatic heterocycles. The summed E-state index contributed by atoms with van der Waals surface area (Å²) in [6.45, 7) is 4.07. The van der Waals surface area contributed by atoms with Gasteiger partial charge in [0.25, 0.3) is 6.02 Å². The fourth-order valence-electron chi connectivity index (χ4n) is 0.992. The van der Waals surface area contributed by atoms with Crippen molar-refractivity contribution in [3.05, 3.63) is 0 Å². The third kappa shape index (κ3) is 1.15. The molecular formula is C6H12N2O. The van der Waals surface area contributed by atoms with E-state index >= 15 is 0 Å². The first-order valence-corrected chi connectivity index (χ1v) is 3.24. The molecule has 2 atom stereocenters. The zero-order valence-corrected chi connectivity index (χ0v) is 5.79. The van der Waals surface area contributed by atoms with Gasteiger partial charge in [-0.25, -0.2) is 4.99 Å². The van der Waals surface area contributed by atoms with Crippen LogP contribution in [0.1, 0.15) is 20.3 Å². The normalized spacial score (nSPS) is 33.8. The summed E-state index contributed by atoms with van der Waals surface area (Å²) in [6.07, 6.45) is 1.19. The molecule has 0 bridgehead atoms. The first-order valence-electron chi connectivity index (χ1n) is 3.24. The summed E-state index contributed by atoms with van der Waals surface area (Å²) < 4.78 is 5.15. The molecular weight excluding hydrogens is 116 g/mol. The minimum atomic E-state index is 0.213. The summed E-state index contributed by atoms with van der Waals surface area (Å²) in [4.78, 5) is 4.01. The van der Waals surface area contributed by atoms with E-state index in [1.165, 1.54) is 0 Å². The maximum atomic E-state index is 5.32. The molecule has 0 radical (unpaired) electrons. The third-order valence-electron chi connectivity index (χ3n) is 1.54. The van der Waals surface area contributed by atoms with E-state index in [-0.39, 0.29) is 12.1 Å². The van der Waals surface area contributed by atoms with E-state index < -0.39 is 0 Å². The van der Waals surface area contributed by atoms with Gasteiger partial charge in [0.2, 0.25) is 0 Å². The highest BCUT2D eigenvalue weighted by atomic mass is 16.5. The van der Waals surface area contributed by atoms with E-state index in [0.29, 0.717) is 6.02 Å². The van der Waals surface area contributed by atoms with Gasteiger partial charge in [0.15, 0.2) is 0 Å². The third-order valence-corrected chi connectivity index (χ3v) is 1.54. The van der Waals surface area contributed by atoms with Crippen LogP contribution in [0.2, 0.25) is 0 Å². The molecule has 0 amide bonds. The Labute approximate surface area is 54.9 Å². The number of aliphatic imine (C=N–C) groups is 1. The minimum Gasteiger partial charge on any atom is -0.460 e. The lowest BCUT2D eigenvalue weighted by Gasteiger charge is -2.09. The number of hydrogen-bond acceptors (Lipinski definition) is 3. The van der Waals surface area contributed by atoms with Gasteiger partial charge in [-0.2, -0.15) is 0 Å². The molecule has 52 valence electrons. The zero-order valence-electron chi connectivity index (χ0n) is 5.79. The summed E-state index contributed by atoms with van der Waals surface area (Å²) in [5, 5.41) is 0. The number of hydrogen-bond donors (Lipinski definition) is 1. The smallest absolute Gasteiger partial charge is 0.282 e. The molecule has 3 heteroatoms. The highest BCUT2D eigenvalue weighted by Gasteiger charge is 2.23. The molecule has 0 saturated heterocycles. The lowest BCUT2D eigenvalue weighted by molar-refractivity contribution is 0.190. The minimum absolute atomic E-state index is 0.213. The molecule has 0 aliphatic carbocycles. The van der Waals surface area contributed by atoms with Gasteiger partial charge in [-0.3, -0.25) is 0 Å². The number of amidine groups is 1. The SMILES string of the molecule is CC[C@@H]1OC(N)=N[C@H]1C. The topological polar surface area (TPSA) is 47.6 Å². The van der Waals surface area contributed by atoms with E-state index in [2.05, 4.69) is 11.9 Å². The van der Waals surface area contributed by atoms with Crippen molar-refractivity contribution in [2.24, 2.45) is 10.7 Å². The second-order valence-electron chi connectivity index (χ2n) is 2.27. The summed E-state index contributed by atoms with van der Waals surface area (Å²) in [5.41, 5.74) is 5.32. The first-order chi connectivity index (χ1) is 4.24. The molecule has 0 unspecified atom stereocenters. The largest absolute Gasteiger partial charge is 0.460 e. The van der Waals surface area contributed by atoms with Crippen LogP contribution < -0.4 is 5.73 Å². The molecule has 1 rings (SSSR count). The first kappa shape index (κ1) is 6.39. The molecule has 3 nitrogen and oxygen atoms in total. The van der Waals surface area contributed by atoms with Gasteiger partial charge in [0.05, 0.1) is 6.04 Å². The van der Waals surface area contributed by atoms with Gasteiger partial charge < -0.3 is 10.5 Å². The zero-order chi connectivity index (χ0) is 6.85. The van der Waals surface area contributed by atoms with Crippen molar-refractivity contribution in [2.75, 3.05) is 0 Å². The highest BCUT2D eigenvalue weighted by molar-refractivity contribution is 5.73. The molecule has 2 N–H and O–H groups in total. The van der Waals surface area contributed by atoms with Gasteiger partial charge in [-0.1, -0.05) is 6.92 Å². The Bertz CT molecular complexity index is 133. The quantitative estimate of drug-likeness (QED) is 0.559. The average Bonchev–Trinajstić information content (AvgIpc) is 2.10. The van der Waals surface area contributed by atoms with Crippen molar-refractivity contribution >= 4 is 6.02 Å². The van der Waals surface area contributed by atoms with Crippen molar-refractivity contribution in [2.45, 2.75) is 32.4 Å². The van der Waals surface area contributed by atoms with Crippen LogP contribution >= 0.6 is 0 Å². The Morgan fingerprint density at radius 1 is 1.78 bits per heavy atom. The molecule has 0 spiro atoms. The maximum absolute atomic E-state index is 5.32. The van der Waals surface area contributed by atoms with E-state index in [1.807, 2.05) is 6.92 Å². The van der Waals surface area contributed by atoms with E-state index in [0.717, 1.165) is 6.42 Å². The van der Waals surface area contributed by atoms with Crippen LogP contribution in [0.5, 0.6) is 0 Å². The lowest BCUT2D eigenvalue weighted by atomic mass is 10.1. The van der Waals surface area contributed by atoms with Crippen molar-refractivity contribution in [3.8, 4) is 0 Å². The van der Waals surface area contributed by atoms with Crippen molar-refractivity contribution in [1.82, 2.24) is 0 Å². The van der Waals surface area contributed by atoms with Gasteiger partial charge in [0, 0.05) is 0 Å². The highest BCUT2D eigenvalue weighted by Crippen LogP contribution is 2.13. The standard InChI is InChI=1S/C6H12N2O/c1-3-5-4(2)8-6(7)9-5/h4-5H,3H2,1-2H3,(H2,7,8)/t4-,5-/m0/s1. The van der Waals surface area contributed by atoms with Gasteiger partial charge >= 0.3 is 0 Å². The van der Waals surface area contributed by atoms with Crippen LogP contribution in [0, 0.1) is 0 Å². The van der Waals surface area contributed by atoms with Crippen LogP contribution in [-0.4, -0.2) is 18.2 Å². The van der Waals surface area contributed by atoms with Gasteiger partial charge in [0.1, 0.15) is 6.10 Å². The summed E-state index contributed by atoms with van der Waals surface area (Å²) in [6, 6.07) is 0.587. The maximum Gasteiger partial charge on any atom is 0.282 e. The molecule has 0 saturated carbocycles. The molecule has 0 aromatic rings. The molecule has 9 heavy (non-hydrogen) atoms. The van der Waals surface area contributed by atoms with Crippen LogP contribution in [0.3, 0.4) is 0 Å². The summed E-state index contributed by atoms with van der Waals surface area (Å²) >= 11 is 0. The number of rotatable bonds is 1. The number of nitrogens with two attached hydrogens (primary N) is 1. The fourth-order valence-corrected chi connectivity index (χ4v) is 0.992. The predicted molar refractivity (Wildman–Crippen MR) is 36.2 cm³/mol. The summed E-state index contributed by atoms with van der Waals surface area (Å²) in [5.74, 6) is 0. The molecule has 1 aliphatic heterocycles. The lowest BCUT2D eigenvalue weighted by Crippen LogP contribution is -2.20. The van der Waals surface area contributed by atoms with Crippen LogP contribution in [0.4, 0.5) is 0 Å². The monoisotopic (exact) mass is 128 g/mol. The fraction of sp³-hybridized carbons (Fsp3) is 0.833. The van der Waals surface area contributed by atoms with E-state index in [1.54, 1.807) is 0 Å². The summed E-state index contributed by atoms with van der Waals surface area (Å²) in [7, 11) is 0. The Kier molecular flexibility index (Phi) is 1.60. The van der Waals surface area contributed by atoms with Crippen molar-refractivity contribution in [1.29, 1.82) is 0 Å². The van der Waals surface area contributed by atoms with Crippen LogP contribution in [-0.2, 0) is 4.74 Å². The van der Waals surface area contributed by atoms with E-state index in [4.69, 9.17) is 10.5 Å². The van der Waals surface area contributed by atoms with Gasteiger partial charge in [-0.15, -0.1) is 0 Å². The van der Waals surface area contributed by atoms with Crippen LogP contribution in [0.25, 0.3) is 0 Å². The molecule has 1 aliphatic rings. The Morgan fingerprint density at radius 2 is 2.44 bits per heavy atom. The number of ether oxygens (including phenoxy) is 1. The Morgan fingerprint density at radius 3 is 2.67 bits per heavy atom. The number of nitrogens with zero attached hydrogens (tertiary/aromatic N) is 1. The second-order valence-corrected chi connectivity index (χ2v) is 2.27. The average molecular weight is 128 g/mol. The van der Waals surface area contributed by atoms with Crippen molar-refractivity contribution in [3.63, 3.8) is 0 Å². The van der Waals surface area contributed by atoms with Crippen LogP contribution in [0.15, 0.2) is 4.99 Å². The molecule has 1 heterocycles. The van der Waals surface area contributed by atoms with Gasteiger partial charge in [-0.05, 0) is 13.3 Å². The van der Waals surface area contributed by atoms with E-state index in [9.17, 15) is 0 Å². The van der Waals surface area contributed by atoms with Crippen molar-refractivity contribution < 1.29 is 4.74 Å². The second kappa shape index (κ2) is 2.25. The Hall–Kier alpha value is -0.730.